The van der Waals surface area contributed by atoms with Crippen molar-refractivity contribution in [3.63, 3.8) is 0 Å². The lowest BCUT2D eigenvalue weighted by molar-refractivity contribution is -0.145. The van der Waals surface area contributed by atoms with Crippen molar-refractivity contribution in [3.8, 4) is 0 Å². The van der Waals surface area contributed by atoms with Crippen molar-refractivity contribution >= 4 is 35.1 Å². The van der Waals surface area contributed by atoms with E-state index in [1.807, 2.05) is 6.07 Å². The van der Waals surface area contributed by atoms with Crippen LogP contribution < -0.4 is 0 Å². The molecular weight excluding hydrogens is 301 g/mol. The minimum absolute atomic E-state index is 0.0395. The topological polar surface area (TPSA) is 57.6 Å². The molecule has 1 N–H and O–H groups in total. The Hall–Kier alpha value is -1.26. The van der Waals surface area contributed by atoms with Crippen molar-refractivity contribution in [1.82, 2.24) is 4.90 Å². The molecule has 0 radical (unpaired) electrons. The number of likely N-dealkylation sites (tertiary alicyclic amines) is 1. The molecule has 1 amide bonds. The van der Waals surface area contributed by atoms with E-state index in [1.165, 1.54) is 0 Å². The summed E-state index contributed by atoms with van der Waals surface area (Å²) in [5.74, 6) is -0.678. The van der Waals surface area contributed by atoms with Crippen molar-refractivity contribution < 1.29 is 14.7 Å². The Morgan fingerprint density at radius 3 is 2.60 bits per heavy atom. The molecule has 6 heteroatoms. The van der Waals surface area contributed by atoms with Crippen LogP contribution >= 0.6 is 23.2 Å². The molecule has 1 aliphatic rings. The number of aliphatic carboxylic acids is 1. The minimum Gasteiger partial charge on any atom is -0.481 e. The minimum atomic E-state index is -0.810. The van der Waals surface area contributed by atoms with Crippen LogP contribution in [-0.2, 0) is 16.0 Å². The van der Waals surface area contributed by atoms with Gasteiger partial charge in [0.25, 0.3) is 0 Å². The zero-order valence-corrected chi connectivity index (χ0v) is 12.3. The summed E-state index contributed by atoms with van der Waals surface area (Å²) in [6, 6.07) is 5.23. The highest BCUT2D eigenvalue weighted by Crippen LogP contribution is 2.24. The van der Waals surface area contributed by atoms with Gasteiger partial charge in [-0.15, -0.1) is 0 Å². The Kier molecular flexibility index (Phi) is 4.89. The summed E-state index contributed by atoms with van der Waals surface area (Å²) in [7, 11) is 0. The first kappa shape index (κ1) is 15.1. The molecule has 0 unspecified atom stereocenters. The van der Waals surface area contributed by atoms with Gasteiger partial charge in [0.2, 0.25) is 5.91 Å². The molecule has 108 valence electrons. The highest BCUT2D eigenvalue weighted by molar-refractivity contribution is 6.35. The zero-order chi connectivity index (χ0) is 14.7. The molecule has 4 nitrogen and oxygen atoms in total. The molecule has 0 atom stereocenters. The normalized spacial score (nSPS) is 15.0. The van der Waals surface area contributed by atoms with Gasteiger partial charge in [0, 0.05) is 35.5 Å². The van der Waals surface area contributed by atoms with E-state index in [2.05, 4.69) is 0 Å². The average molecular weight is 316 g/mol. The van der Waals surface area contributed by atoms with E-state index in [9.17, 15) is 9.59 Å². The predicted octanol–water partition coefficient (Wildman–Crippen LogP) is 2.86. The number of nitrogens with zero attached hydrogens (tertiary/aromatic N) is 1. The van der Waals surface area contributed by atoms with Crippen molar-refractivity contribution in [2.24, 2.45) is 5.92 Å². The van der Waals surface area contributed by atoms with Gasteiger partial charge in [-0.3, -0.25) is 9.59 Å². The third kappa shape index (κ3) is 3.87. The van der Waals surface area contributed by atoms with Gasteiger partial charge in [0.15, 0.2) is 0 Å². The standard InChI is InChI=1S/C14H15Cl2NO3/c15-11-3-1-10(12(16)6-11)2-4-13(18)17-7-9(8-17)5-14(19)20/h1,3,6,9H,2,4-5,7-8H2,(H,19,20). The Balaban J connectivity index is 1.78. The molecule has 1 fully saturated rings. The number of carboxylic acid groups (broad SMARTS) is 1. The molecule has 0 aromatic heterocycles. The summed E-state index contributed by atoms with van der Waals surface area (Å²) in [6.45, 7) is 1.08. The van der Waals surface area contributed by atoms with Crippen molar-refractivity contribution in [1.29, 1.82) is 0 Å². The number of hydrogen-bond donors (Lipinski definition) is 1. The summed E-state index contributed by atoms with van der Waals surface area (Å²) in [4.78, 5) is 24.1. The molecule has 20 heavy (non-hydrogen) atoms. The quantitative estimate of drug-likeness (QED) is 0.909. The van der Waals surface area contributed by atoms with E-state index >= 15 is 0 Å². The number of hydrogen-bond acceptors (Lipinski definition) is 2. The lowest BCUT2D eigenvalue weighted by Gasteiger charge is -2.38. The van der Waals surface area contributed by atoms with E-state index in [1.54, 1.807) is 17.0 Å². The van der Waals surface area contributed by atoms with E-state index in [-0.39, 0.29) is 18.2 Å². The number of carbonyl (C=O) groups is 2. The molecule has 1 aliphatic heterocycles. The third-order valence-corrected chi connectivity index (χ3v) is 3.98. The van der Waals surface area contributed by atoms with E-state index in [4.69, 9.17) is 28.3 Å². The fourth-order valence-electron chi connectivity index (χ4n) is 2.27. The Morgan fingerprint density at radius 2 is 2.00 bits per heavy atom. The van der Waals surface area contributed by atoms with Crippen molar-refractivity contribution in [2.45, 2.75) is 19.3 Å². The smallest absolute Gasteiger partial charge is 0.303 e. The largest absolute Gasteiger partial charge is 0.481 e. The fraction of sp³-hybridized carbons (Fsp3) is 0.429. The maximum absolute atomic E-state index is 11.9. The second-order valence-electron chi connectivity index (χ2n) is 5.00. The van der Waals surface area contributed by atoms with Gasteiger partial charge in [-0.2, -0.15) is 0 Å². The van der Waals surface area contributed by atoms with Crippen LogP contribution in [0.25, 0.3) is 0 Å². The van der Waals surface area contributed by atoms with Crippen molar-refractivity contribution in [3.05, 3.63) is 33.8 Å². The summed E-state index contributed by atoms with van der Waals surface area (Å²) in [5, 5.41) is 9.79. The Morgan fingerprint density at radius 1 is 1.30 bits per heavy atom. The monoisotopic (exact) mass is 315 g/mol. The van der Waals surface area contributed by atoms with Gasteiger partial charge in [0.05, 0.1) is 6.42 Å². The molecular formula is C14H15Cl2NO3. The van der Waals surface area contributed by atoms with E-state index < -0.39 is 5.97 Å². The fourth-order valence-corrected chi connectivity index (χ4v) is 2.78. The summed E-state index contributed by atoms with van der Waals surface area (Å²) < 4.78 is 0. The molecule has 1 saturated heterocycles. The number of carboxylic acids is 1. The van der Waals surface area contributed by atoms with Gasteiger partial charge in [-0.05, 0) is 24.1 Å². The van der Waals surface area contributed by atoms with Crippen LogP contribution in [0.4, 0.5) is 0 Å². The first-order valence-electron chi connectivity index (χ1n) is 6.39. The maximum atomic E-state index is 11.9. The number of amides is 1. The highest BCUT2D eigenvalue weighted by atomic mass is 35.5. The van der Waals surface area contributed by atoms with Crippen LogP contribution in [-0.4, -0.2) is 35.0 Å². The summed E-state index contributed by atoms with van der Waals surface area (Å²) >= 11 is 11.9. The molecule has 0 bridgehead atoms. The number of aryl methyl sites for hydroxylation is 1. The Labute approximate surface area is 127 Å². The maximum Gasteiger partial charge on any atom is 0.303 e. The van der Waals surface area contributed by atoms with Gasteiger partial charge in [-0.1, -0.05) is 29.3 Å². The summed E-state index contributed by atoms with van der Waals surface area (Å²) in [6.07, 6.45) is 1.07. The van der Waals surface area contributed by atoms with Crippen LogP contribution in [0.1, 0.15) is 18.4 Å². The Bertz CT molecular complexity index is 527. The zero-order valence-electron chi connectivity index (χ0n) is 10.8. The first-order chi connectivity index (χ1) is 9.45. The van der Waals surface area contributed by atoms with Crippen LogP contribution in [0, 0.1) is 5.92 Å². The van der Waals surface area contributed by atoms with Gasteiger partial charge < -0.3 is 10.0 Å². The molecule has 1 aromatic rings. The number of benzene rings is 1. The van der Waals surface area contributed by atoms with Gasteiger partial charge in [-0.25, -0.2) is 0 Å². The second kappa shape index (κ2) is 6.46. The molecule has 0 spiro atoms. The van der Waals surface area contributed by atoms with Crippen LogP contribution in [0.5, 0.6) is 0 Å². The number of rotatable bonds is 5. The molecule has 0 saturated carbocycles. The van der Waals surface area contributed by atoms with Crippen LogP contribution in [0.15, 0.2) is 18.2 Å². The number of halogens is 2. The molecule has 0 aliphatic carbocycles. The second-order valence-corrected chi connectivity index (χ2v) is 5.84. The van der Waals surface area contributed by atoms with E-state index in [0.29, 0.717) is 36.0 Å². The molecule has 1 heterocycles. The van der Waals surface area contributed by atoms with Crippen LogP contribution in [0.2, 0.25) is 10.0 Å². The summed E-state index contributed by atoms with van der Waals surface area (Å²) in [5.41, 5.74) is 0.895. The van der Waals surface area contributed by atoms with Gasteiger partial charge in [0.1, 0.15) is 0 Å². The van der Waals surface area contributed by atoms with Gasteiger partial charge >= 0.3 is 5.97 Å². The predicted molar refractivity (Wildman–Crippen MR) is 77.1 cm³/mol. The van der Waals surface area contributed by atoms with Crippen molar-refractivity contribution in [2.75, 3.05) is 13.1 Å². The lowest BCUT2D eigenvalue weighted by Crippen LogP contribution is -2.50. The molecule has 2 rings (SSSR count). The lowest BCUT2D eigenvalue weighted by atomic mass is 9.95. The molecule has 1 aromatic carbocycles. The SMILES string of the molecule is O=C(O)CC1CN(C(=O)CCc2ccc(Cl)cc2Cl)C1. The highest BCUT2D eigenvalue weighted by Gasteiger charge is 2.31. The first-order valence-corrected chi connectivity index (χ1v) is 7.15. The van der Waals surface area contributed by atoms with E-state index in [0.717, 1.165) is 5.56 Å². The number of carbonyl (C=O) groups excluding carboxylic acids is 1. The van der Waals surface area contributed by atoms with Crippen LogP contribution in [0.3, 0.4) is 0 Å². The average Bonchev–Trinajstić information content (AvgIpc) is 2.31. The third-order valence-electron chi connectivity index (χ3n) is 3.40.